The van der Waals surface area contributed by atoms with Crippen LogP contribution in [0.2, 0.25) is 0 Å². The molecule has 1 heterocycles. The molecular weight excluding hydrogens is 304 g/mol. The zero-order valence-corrected chi connectivity index (χ0v) is 15.1. The second kappa shape index (κ2) is 5.16. The molecule has 0 aromatic rings. The Morgan fingerprint density at radius 2 is 2.21 bits per heavy atom. The lowest BCUT2D eigenvalue weighted by Gasteiger charge is -2.54. The van der Waals surface area contributed by atoms with Crippen LogP contribution >= 0.6 is 0 Å². The van der Waals surface area contributed by atoms with Crippen LogP contribution in [0.1, 0.15) is 46.0 Å². The molecule has 134 valence electrons. The molecule has 0 aromatic heterocycles. The lowest BCUT2D eigenvalue weighted by atomic mass is 9.59. The first-order valence-electron chi connectivity index (χ1n) is 9.18. The summed E-state index contributed by atoms with van der Waals surface area (Å²) in [6.45, 7) is 9.56. The molecule has 0 amide bonds. The molecule has 4 heteroatoms. The topological polar surface area (TPSA) is 47.9 Å². The number of aliphatic hydroxyl groups is 1. The zero-order valence-electron chi connectivity index (χ0n) is 15.1. The molecule has 1 N–H and O–H groups in total. The van der Waals surface area contributed by atoms with Gasteiger partial charge in [-0.1, -0.05) is 19.9 Å². The van der Waals surface area contributed by atoms with Gasteiger partial charge in [-0.2, -0.15) is 0 Å². The van der Waals surface area contributed by atoms with Crippen LogP contribution in [0.15, 0.2) is 24.3 Å². The summed E-state index contributed by atoms with van der Waals surface area (Å²) in [7, 11) is 1.64. The average molecular weight is 334 g/mol. The van der Waals surface area contributed by atoms with Gasteiger partial charge in [-0.15, -0.1) is 6.58 Å². The van der Waals surface area contributed by atoms with Crippen molar-refractivity contribution in [1.29, 1.82) is 0 Å². The largest absolute Gasteiger partial charge is 0.385 e. The Morgan fingerprint density at radius 1 is 1.42 bits per heavy atom. The Hall–Kier alpha value is -0.680. The fourth-order valence-electron chi connectivity index (χ4n) is 6.19. The molecule has 3 aliphatic carbocycles. The standard InChI is InChI=1S/C20H30O4/c1-5-19-9-8-14(17(19,2)3)11-20(19,21)15-6-7-16-18(10-15,12-23-16)24-13-22-4/h5,10,14,16,21H,1,6-9,11-13H2,2-4H3/t14-,16+,18-,19-,20+/m1/s1. The van der Waals surface area contributed by atoms with Crippen LogP contribution in [-0.4, -0.2) is 42.9 Å². The van der Waals surface area contributed by atoms with E-state index in [1.165, 1.54) is 6.42 Å². The fraction of sp³-hybridized carbons (Fsp3) is 0.800. The van der Waals surface area contributed by atoms with Crippen molar-refractivity contribution in [3.8, 4) is 0 Å². The van der Waals surface area contributed by atoms with E-state index in [0.717, 1.165) is 31.3 Å². The van der Waals surface area contributed by atoms with Gasteiger partial charge in [-0.25, -0.2) is 0 Å². The van der Waals surface area contributed by atoms with Crippen molar-refractivity contribution in [2.75, 3.05) is 20.5 Å². The fourth-order valence-corrected chi connectivity index (χ4v) is 6.19. The highest BCUT2D eigenvalue weighted by Gasteiger charge is 2.71. The Bertz CT molecular complexity index is 582. The van der Waals surface area contributed by atoms with E-state index in [-0.39, 0.29) is 23.7 Å². The Kier molecular flexibility index (Phi) is 3.61. The first-order chi connectivity index (χ1) is 11.4. The van der Waals surface area contributed by atoms with Gasteiger partial charge in [0.2, 0.25) is 0 Å². The SMILES string of the molecule is C=C[C@]12CC[C@H](C[C@]1(O)C1=C[C@@]3(OCOC)CO[C@H]3CC1)C2(C)C. The second-order valence-electron chi connectivity index (χ2n) is 8.71. The molecule has 24 heavy (non-hydrogen) atoms. The third-order valence-electron chi connectivity index (χ3n) is 7.81. The summed E-state index contributed by atoms with van der Waals surface area (Å²) in [5.74, 6) is 0.549. The number of methoxy groups -OCH3 is 1. The number of hydrogen-bond donors (Lipinski definition) is 1. The van der Waals surface area contributed by atoms with Gasteiger partial charge in [0.25, 0.3) is 0 Å². The summed E-state index contributed by atoms with van der Waals surface area (Å²) < 4.78 is 16.8. The van der Waals surface area contributed by atoms with Crippen LogP contribution < -0.4 is 0 Å². The predicted octanol–water partition coefficient (Wildman–Crippen LogP) is 3.21. The molecule has 0 spiro atoms. The van der Waals surface area contributed by atoms with E-state index in [1.807, 2.05) is 6.08 Å². The van der Waals surface area contributed by atoms with Crippen molar-refractivity contribution in [1.82, 2.24) is 0 Å². The molecule has 4 rings (SSSR count). The maximum atomic E-state index is 11.9. The van der Waals surface area contributed by atoms with Gasteiger partial charge in [-0.3, -0.25) is 0 Å². The second-order valence-corrected chi connectivity index (χ2v) is 8.71. The van der Waals surface area contributed by atoms with Crippen molar-refractivity contribution >= 4 is 0 Å². The van der Waals surface area contributed by atoms with Crippen molar-refractivity contribution in [2.24, 2.45) is 16.7 Å². The molecule has 5 atom stereocenters. The van der Waals surface area contributed by atoms with Gasteiger partial charge in [0, 0.05) is 12.5 Å². The molecule has 1 aliphatic heterocycles. The summed E-state index contributed by atoms with van der Waals surface area (Å²) in [6, 6.07) is 0. The average Bonchev–Trinajstić information content (AvgIpc) is 2.88. The third-order valence-corrected chi connectivity index (χ3v) is 7.81. The summed E-state index contributed by atoms with van der Waals surface area (Å²) in [5, 5.41) is 11.9. The number of rotatable bonds is 5. The monoisotopic (exact) mass is 334 g/mol. The normalized spacial score (nSPS) is 48.6. The maximum absolute atomic E-state index is 11.9. The molecule has 0 radical (unpaired) electrons. The van der Waals surface area contributed by atoms with Crippen molar-refractivity contribution in [3.05, 3.63) is 24.3 Å². The number of hydrogen-bond acceptors (Lipinski definition) is 4. The van der Waals surface area contributed by atoms with E-state index < -0.39 is 11.2 Å². The molecule has 2 bridgehead atoms. The Balaban J connectivity index is 1.73. The quantitative estimate of drug-likeness (QED) is 0.619. The van der Waals surface area contributed by atoms with E-state index in [1.54, 1.807) is 7.11 Å². The Morgan fingerprint density at radius 3 is 2.79 bits per heavy atom. The Labute approximate surface area is 144 Å². The molecule has 3 fully saturated rings. The summed E-state index contributed by atoms with van der Waals surface area (Å²) in [5.41, 5.74) is -0.249. The van der Waals surface area contributed by atoms with Crippen molar-refractivity contribution in [2.45, 2.75) is 63.3 Å². The first-order valence-corrected chi connectivity index (χ1v) is 9.18. The van der Waals surface area contributed by atoms with Crippen LogP contribution in [0, 0.1) is 16.7 Å². The molecule has 1 saturated heterocycles. The van der Waals surface area contributed by atoms with E-state index in [4.69, 9.17) is 14.2 Å². The van der Waals surface area contributed by atoms with Crippen molar-refractivity contribution in [3.63, 3.8) is 0 Å². The first kappa shape index (κ1) is 16.8. The summed E-state index contributed by atoms with van der Waals surface area (Å²) in [6.07, 6.45) is 9.13. The molecule has 0 unspecified atom stereocenters. The predicted molar refractivity (Wildman–Crippen MR) is 91.5 cm³/mol. The van der Waals surface area contributed by atoms with Gasteiger partial charge in [0.15, 0.2) is 0 Å². The minimum absolute atomic E-state index is 0.0812. The summed E-state index contributed by atoms with van der Waals surface area (Å²) >= 11 is 0. The zero-order chi connectivity index (χ0) is 17.2. The smallest absolute Gasteiger partial charge is 0.147 e. The third kappa shape index (κ3) is 1.78. The van der Waals surface area contributed by atoms with Gasteiger partial charge in [-0.05, 0) is 55.1 Å². The minimum atomic E-state index is -0.800. The van der Waals surface area contributed by atoms with E-state index in [0.29, 0.717) is 12.5 Å². The number of ether oxygens (including phenoxy) is 3. The minimum Gasteiger partial charge on any atom is -0.385 e. The van der Waals surface area contributed by atoms with E-state index in [2.05, 4.69) is 26.5 Å². The van der Waals surface area contributed by atoms with Crippen LogP contribution in [0.25, 0.3) is 0 Å². The van der Waals surface area contributed by atoms with Crippen molar-refractivity contribution < 1.29 is 19.3 Å². The highest BCUT2D eigenvalue weighted by molar-refractivity contribution is 5.39. The molecule has 2 saturated carbocycles. The molecule has 0 aromatic carbocycles. The van der Waals surface area contributed by atoms with Gasteiger partial charge < -0.3 is 19.3 Å². The van der Waals surface area contributed by atoms with Crippen LogP contribution in [0.3, 0.4) is 0 Å². The van der Waals surface area contributed by atoms with Crippen LogP contribution in [0.5, 0.6) is 0 Å². The van der Waals surface area contributed by atoms with Crippen LogP contribution in [0.4, 0.5) is 0 Å². The highest BCUT2D eigenvalue weighted by atomic mass is 16.7. The molecule has 4 nitrogen and oxygen atoms in total. The van der Waals surface area contributed by atoms with Crippen LogP contribution in [-0.2, 0) is 14.2 Å². The van der Waals surface area contributed by atoms with Gasteiger partial charge >= 0.3 is 0 Å². The van der Waals surface area contributed by atoms with E-state index in [9.17, 15) is 5.11 Å². The molecular formula is C20H30O4. The number of fused-ring (bicyclic) bond motifs is 3. The van der Waals surface area contributed by atoms with Gasteiger partial charge in [0.1, 0.15) is 12.4 Å². The molecule has 4 aliphatic rings. The summed E-state index contributed by atoms with van der Waals surface area (Å²) in [4.78, 5) is 0. The highest BCUT2D eigenvalue weighted by Crippen LogP contribution is 2.72. The maximum Gasteiger partial charge on any atom is 0.147 e. The lowest BCUT2D eigenvalue weighted by Crippen LogP contribution is -2.62. The lowest BCUT2D eigenvalue weighted by molar-refractivity contribution is -0.266. The van der Waals surface area contributed by atoms with E-state index >= 15 is 0 Å². The van der Waals surface area contributed by atoms with Gasteiger partial charge in [0.05, 0.1) is 18.3 Å².